The zero-order valence-electron chi connectivity index (χ0n) is 16.4. The summed E-state index contributed by atoms with van der Waals surface area (Å²) in [5, 5.41) is 0. The molecule has 0 spiro atoms. The quantitative estimate of drug-likeness (QED) is 0.788. The van der Waals surface area contributed by atoms with E-state index in [0.717, 1.165) is 42.7 Å². The van der Waals surface area contributed by atoms with Gasteiger partial charge in [-0.25, -0.2) is 4.79 Å². The number of carbonyl (C=O) groups excluding carboxylic acids is 1. The molecule has 26 heavy (non-hydrogen) atoms. The summed E-state index contributed by atoms with van der Waals surface area (Å²) in [4.78, 5) is 14.6. The van der Waals surface area contributed by atoms with Gasteiger partial charge in [-0.05, 0) is 64.2 Å². The van der Waals surface area contributed by atoms with Gasteiger partial charge in [-0.1, -0.05) is 6.08 Å². The summed E-state index contributed by atoms with van der Waals surface area (Å²) in [6.45, 7) is 5.73. The topological polar surface area (TPSA) is 48.0 Å². The molecule has 1 aromatic rings. The maximum Gasteiger partial charge on any atom is 0.411 e. The molecular weight excluding hydrogens is 330 g/mol. The van der Waals surface area contributed by atoms with Gasteiger partial charge in [-0.3, -0.25) is 4.90 Å². The van der Waals surface area contributed by atoms with Gasteiger partial charge in [0.2, 0.25) is 0 Å². The molecule has 1 saturated heterocycles. The molecule has 2 bridgehead atoms. The highest BCUT2D eigenvalue weighted by atomic mass is 16.6. The van der Waals surface area contributed by atoms with Gasteiger partial charge in [0, 0.05) is 17.7 Å². The van der Waals surface area contributed by atoms with Crippen LogP contribution in [0.4, 0.5) is 4.79 Å². The number of amides is 1. The minimum Gasteiger partial charge on any atom is -0.497 e. The van der Waals surface area contributed by atoms with E-state index in [4.69, 9.17) is 14.2 Å². The zero-order valence-corrected chi connectivity index (χ0v) is 16.4. The van der Waals surface area contributed by atoms with Crippen LogP contribution in [0.2, 0.25) is 0 Å². The van der Waals surface area contributed by atoms with Gasteiger partial charge in [0.05, 0.1) is 20.3 Å². The SMILES string of the molecule is COc1ccc(C2=CC3CCCC(C2)N3C(=O)OC(C)(C)C)c(OC)c1. The fourth-order valence-electron chi connectivity index (χ4n) is 3.89. The molecule has 5 nitrogen and oxygen atoms in total. The van der Waals surface area contributed by atoms with Gasteiger partial charge < -0.3 is 14.2 Å². The van der Waals surface area contributed by atoms with Crippen molar-refractivity contribution in [2.45, 2.75) is 64.1 Å². The first-order valence-corrected chi connectivity index (χ1v) is 9.27. The average Bonchev–Trinajstić information content (AvgIpc) is 2.58. The van der Waals surface area contributed by atoms with Crippen molar-refractivity contribution in [1.82, 2.24) is 4.90 Å². The van der Waals surface area contributed by atoms with E-state index in [-0.39, 0.29) is 18.2 Å². The van der Waals surface area contributed by atoms with Gasteiger partial charge >= 0.3 is 6.09 Å². The normalized spacial score (nSPS) is 22.5. The van der Waals surface area contributed by atoms with E-state index in [2.05, 4.69) is 6.08 Å². The largest absolute Gasteiger partial charge is 0.497 e. The number of fused-ring (bicyclic) bond motifs is 2. The Morgan fingerprint density at radius 1 is 1.15 bits per heavy atom. The van der Waals surface area contributed by atoms with Crippen molar-refractivity contribution in [3.05, 3.63) is 29.8 Å². The third-order valence-electron chi connectivity index (χ3n) is 5.00. The molecule has 1 amide bonds. The number of hydrogen-bond donors (Lipinski definition) is 0. The van der Waals surface area contributed by atoms with Crippen LogP contribution < -0.4 is 9.47 Å². The maximum absolute atomic E-state index is 12.7. The molecule has 0 radical (unpaired) electrons. The summed E-state index contributed by atoms with van der Waals surface area (Å²) in [5.41, 5.74) is 1.84. The Morgan fingerprint density at radius 2 is 1.92 bits per heavy atom. The molecule has 2 atom stereocenters. The third kappa shape index (κ3) is 3.81. The van der Waals surface area contributed by atoms with Gasteiger partial charge in [0.15, 0.2) is 0 Å². The molecule has 2 aliphatic heterocycles. The number of benzene rings is 1. The molecule has 1 fully saturated rings. The number of nitrogens with zero attached hydrogens (tertiary/aromatic N) is 1. The van der Waals surface area contributed by atoms with Crippen LogP contribution in [0.25, 0.3) is 5.57 Å². The molecule has 1 aromatic carbocycles. The monoisotopic (exact) mass is 359 g/mol. The van der Waals surface area contributed by atoms with Crippen LogP contribution in [0.5, 0.6) is 11.5 Å². The number of ether oxygens (including phenoxy) is 3. The summed E-state index contributed by atoms with van der Waals surface area (Å²) >= 11 is 0. The molecule has 5 heteroatoms. The predicted molar refractivity (Wildman–Crippen MR) is 102 cm³/mol. The average molecular weight is 359 g/mol. The fourth-order valence-corrected chi connectivity index (χ4v) is 3.89. The molecule has 0 saturated carbocycles. The molecular formula is C21H29NO4. The van der Waals surface area contributed by atoms with E-state index in [9.17, 15) is 4.79 Å². The van der Waals surface area contributed by atoms with Gasteiger partial charge in [0.25, 0.3) is 0 Å². The summed E-state index contributed by atoms with van der Waals surface area (Å²) in [5.74, 6) is 1.58. The number of hydrogen-bond acceptors (Lipinski definition) is 4. The Kier molecular flexibility index (Phi) is 5.17. The van der Waals surface area contributed by atoms with Crippen LogP contribution in [-0.2, 0) is 4.74 Å². The van der Waals surface area contributed by atoms with Crippen molar-refractivity contribution in [3.8, 4) is 11.5 Å². The van der Waals surface area contributed by atoms with Crippen molar-refractivity contribution >= 4 is 11.7 Å². The molecule has 2 aliphatic rings. The first-order chi connectivity index (χ1) is 12.3. The predicted octanol–water partition coefficient (Wildman–Crippen LogP) is 4.65. The highest BCUT2D eigenvalue weighted by Crippen LogP contribution is 2.41. The van der Waals surface area contributed by atoms with Crippen molar-refractivity contribution in [2.24, 2.45) is 0 Å². The van der Waals surface area contributed by atoms with E-state index in [1.807, 2.05) is 43.9 Å². The lowest BCUT2D eigenvalue weighted by molar-refractivity contribution is 0.0000823. The molecule has 2 heterocycles. The van der Waals surface area contributed by atoms with Crippen molar-refractivity contribution < 1.29 is 19.0 Å². The smallest absolute Gasteiger partial charge is 0.411 e. The number of carbonyl (C=O) groups is 1. The van der Waals surface area contributed by atoms with Gasteiger partial charge in [0.1, 0.15) is 17.1 Å². The highest BCUT2D eigenvalue weighted by Gasteiger charge is 2.39. The Hall–Kier alpha value is -2.17. The van der Waals surface area contributed by atoms with Crippen LogP contribution in [-0.4, -0.2) is 42.9 Å². The summed E-state index contributed by atoms with van der Waals surface area (Å²) in [7, 11) is 3.33. The van der Waals surface area contributed by atoms with E-state index < -0.39 is 5.60 Å². The molecule has 2 unspecified atom stereocenters. The van der Waals surface area contributed by atoms with Crippen molar-refractivity contribution in [3.63, 3.8) is 0 Å². The highest BCUT2D eigenvalue weighted by molar-refractivity contribution is 5.77. The summed E-state index contributed by atoms with van der Waals surface area (Å²) < 4.78 is 16.5. The lowest BCUT2D eigenvalue weighted by Crippen LogP contribution is -2.53. The van der Waals surface area contributed by atoms with Crippen LogP contribution >= 0.6 is 0 Å². The molecule has 0 N–H and O–H groups in total. The first-order valence-electron chi connectivity index (χ1n) is 9.27. The van der Waals surface area contributed by atoms with Gasteiger partial charge in [-0.2, -0.15) is 0 Å². The zero-order chi connectivity index (χ0) is 18.9. The molecule has 3 rings (SSSR count). The van der Waals surface area contributed by atoms with E-state index >= 15 is 0 Å². The van der Waals surface area contributed by atoms with Crippen molar-refractivity contribution in [1.29, 1.82) is 0 Å². The van der Waals surface area contributed by atoms with Crippen molar-refractivity contribution in [2.75, 3.05) is 14.2 Å². The third-order valence-corrected chi connectivity index (χ3v) is 5.00. The molecule has 0 aromatic heterocycles. The minimum atomic E-state index is -0.478. The Morgan fingerprint density at radius 3 is 2.54 bits per heavy atom. The Labute approximate surface area is 155 Å². The van der Waals surface area contributed by atoms with E-state index in [1.54, 1.807) is 14.2 Å². The second kappa shape index (κ2) is 7.22. The minimum absolute atomic E-state index is 0.0826. The van der Waals surface area contributed by atoms with Crippen LogP contribution in [0, 0.1) is 0 Å². The van der Waals surface area contributed by atoms with E-state index in [1.165, 1.54) is 5.57 Å². The first kappa shape index (κ1) is 18.6. The maximum atomic E-state index is 12.7. The number of rotatable bonds is 3. The lowest BCUT2D eigenvalue weighted by Gasteiger charge is -2.45. The number of methoxy groups -OCH3 is 2. The summed E-state index contributed by atoms with van der Waals surface area (Å²) in [6.07, 6.45) is 5.94. The summed E-state index contributed by atoms with van der Waals surface area (Å²) in [6, 6.07) is 6.16. The van der Waals surface area contributed by atoms with Crippen LogP contribution in [0.15, 0.2) is 24.3 Å². The lowest BCUT2D eigenvalue weighted by atomic mass is 9.83. The van der Waals surface area contributed by atoms with Gasteiger partial charge in [-0.15, -0.1) is 0 Å². The fraction of sp³-hybridized carbons (Fsp3) is 0.571. The van der Waals surface area contributed by atoms with Crippen LogP contribution in [0.1, 0.15) is 52.0 Å². The molecule has 142 valence electrons. The number of piperidine rings is 1. The Bertz CT molecular complexity index is 704. The second-order valence-corrected chi connectivity index (χ2v) is 8.00. The standard InChI is InChI=1S/C21H29NO4/c1-21(2,3)26-20(23)22-15-7-6-8-16(22)12-14(11-15)18-10-9-17(24-4)13-19(18)25-5/h9-11,13,15-16H,6-8,12H2,1-5H3. The van der Waals surface area contributed by atoms with E-state index in [0.29, 0.717) is 0 Å². The molecule has 0 aliphatic carbocycles. The Balaban J connectivity index is 1.90. The second-order valence-electron chi connectivity index (χ2n) is 8.00. The van der Waals surface area contributed by atoms with Crippen LogP contribution in [0.3, 0.4) is 0 Å².